The summed E-state index contributed by atoms with van der Waals surface area (Å²) in [7, 11) is 0. The molecule has 0 radical (unpaired) electrons. The number of hydrogen-bond acceptors (Lipinski definition) is 6. The topological polar surface area (TPSA) is 78.9 Å². The van der Waals surface area contributed by atoms with Crippen molar-refractivity contribution in [3.63, 3.8) is 0 Å². The van der Waals surface area contributed by atoms with Crippen molar-refractivity contribution in [1.82, 2.24) is 0 Å². The summed E-state index contributed by atoms with van der Waals surface area (Å²) in [6, 6.07) is 0. The van der Waals surface area contributed by atoms with Crippen molar-refractivity contribution < 1.29 is 28.6 Å². The number of esters is 3. The van der Waals surface area contributed by atoms with E-state index in [9.17, 15) is 14.4 Å². The standard InChI is InChI=1S/C46H88O6/c1-5-7-9-11-13-14-15-16-19-23-27-31-35-39-46(49)52-43(40-50-44(47)37-33-29-24-12-10-8-6-2)41-51-45(48)38-34-30-26-22-20-17-18-21-25-28-32-36-42(3)4/h42-43H,5-41H2,1-4H3/t43-/m1/s1. The largest absolute Gasteiger partial charge is 0.462 e. The van der Waals surface area contributed by atoms with E-state index < -0.39 is 6.10 Å². The van der Waals surface area contributed by atoms with Gasteiger partial charge in [-0.05, 0) is 25.2 Å². The Morgan fingerprint density at radius 2 is 0.635 bits per heavy atom. The fraction of sp³-hybridized carbons (Fsp3) is 0.935. The quantitative estimate of drug-likeness (QED) is 0.0353. The molecule has 0 N–H and O–H groups in total. The molecule has 0 aliphatic carbocycles. The minimum Gasteiger partial charge on any atom is -0.462 e. The summed E-state index contributed by atoms with van der Waals surface area (Å²) in [5.41, 5.74) is 0. The fourth-order valence-corrected chi connectivity index (χ4v) is 6.80. The molecule has 308 valence electrons. The molecule has 0 unspecified atom stereocenters. The summed E-state index contributed by atoms with van der Waals surface area (Å²) in [6.07, 6.45) is 39.5. The number of rotatable bonds is 41. The lowest BCUT2D eigenvalue weighted by Crippen LogP contribution is -2.30. The molecule has 6 heteroatoms. The summed E-state index contributed by atoms with van der Waals surface area (Å²) < 4.78 is 16.7. The summed E-state index contributed by atoms with van der Waals surface area (Å²) in [5, 5.41) is 0. The van der Waals surface area contributed by atoms with Gasteiger partial charge in [-0.3, -0.25) is 14.4 Å². The third kappa shape index (κ3) is 39.6. The highest BCUT2D eigenvalue weighted by Crippen LogP contribution is 2.16. The van der Waals surface area contributed by atoms with E-state index in [4.69, 9.17) is 14.2 Å². The maximum atomic E-state index is 12.7. The third-order valence-corrected chi connectivity index (χ3v) is 10.3. The van der Waals surface area contributed by atoms with Crippen LogP contribution in [0.3, 0.4) is 0 Å². The third-order valence-electron chi connectivity index (χ3n) is 10.3. The van der Waals surface area contributed by atoms with E-state index in [1.165, 1.54) is 148 Å². The first-order valence-corrected chi connectivity index (χ1v) is 22.9. The highest BCUT2D eigenvalue weighted by molar-refractivity contribution is 5.71. The van der Waals surface area contributed by atoms with Crippen molar-refractivity contribution in [1.29, 1.82) is 0 Å². The Bertz CT molecular complexity index is 781. The Kier molecular flexibility index (Phi) is 39.4. The van der Waals surface area contributed by atoms with Gasteiger partial charge in [0.05, 0.1) is 0 Å². The van der Waals surface area contributed by atoms with Gasteiger partial charge in [-0.1, -0.05) is 214 Å². The Morgan fingerprint density at radius 3 is 0.942 bits per heavy atom. The average molecular weight is 737 g/mol. The fourth-order valence-electron chi connectivity index (χ4n) is 6.80. The summed E-state index contributed by atoms with van der Waals surface area (Å²) >= 11 is 0. The molecule has 0 saturated heterocycles. The minimum atomic E-state index is -0.758. The Balaban J connectivity index is 4.26. The molecule has 0 rings (SSSR count). The molecule has 0 aliphatic heterocycles. The van der Waals surface area contributed by atoms with Crippen molar-refractivity contribution in [2.45, 2.75) is 259 Å². The van der Waals surface area contributed by atoms with Gasteiger partial charge in [-0.2, -0.15) is 0 Å². The molecule has 0 aliphatic rings. The van der Waals surface area contributed by atoms with Crippen molar-refractivity contribution in [2.24, 2.45) is 5.92 Å². The van der Waals surface area contributed by atoms with E-state index in [1.54, 1.807) is 0 Å². The molecule has 0 amide bonds. The minimum absolute atomic E-state index is 0.0641. The number of unbranched alkanes of at least 4 members (excludes halogenated alkanes) is 28. The smallest absolute Gasteiger partial charge is 0.306 e. The molecule has 0 saturated carbocycles. The molecule has 0 fully saturated rings. The van der Waals surface area contributed by atoms with Crippen molar-refractivity contribution >= 4 is 17.9 Å². The first kappa shape index (κ1) is 50.4. The number of carbonyl (C=O) groups is 3. The van der Waals surface area contributed by atoms with Crippen LogP contribution >= 0.6 is 0 Å². The molecule has 0 spiro atoms. The van der Waals surface area contributed by atoms with Crippen molar-refractivity contribution in [2.75, 3.05) is 13.2 Å². The van der Waals surface area contributed by atoms with Crippen LogP contribution in [0.15, 0.2) is 0 Å². The van der Waals surface area contributed by atoms with Crippen LogP contribution in [0.25, 0.3) is 0 Å². The average Bonchev–Trinajstić information content (AvgIpc) is 3.12. The molecule has 0 bridgehead atoms. The molecule has 6 nitrogen and oxygen atoms in total. The van der Waals surface area contributed by atoms with Gasteiger partial charge in [0.1, 0.15) is 13.2 Å². The zero-order valence-electron chi connectivity index (χ0n) is 35.3. The van der Waals surface area contributed by atoms with Gasteiger partial charge >= 0.3 is 17.9 Å². The van der Waals surface area contributed by atoms with Crippen LogP contribution in [0.5, 0.6) is 0 Å². The summed E-state index contributed by atoms with van der Waals surface area (Å²) in [4.78, 5) is 37.6. The van der Waals surface area contributed by atoms with Crippen LogP contribution in [0, 0.1) is 5.92 Å². The van der Waals surface area contributed by atoms with Crippen molar-refractivity contribution in [3.8, 4) is 0 Å². The molecule has 0 heterocycles. The summed E-state index contributed by atoms with van der Waals surface area (Å²) in [6.45, 7) is 8.95. The summed E-state index contributed by atoms with van der Waals surface area (Å²) in [5.74, 6) is -0.0328. The van der Waals surface area contributed by atoms with E-state index in [-0.39, 0.29) is 31.1 Å². The Labute approximate surface area is 323 Å². The molecule has 1 atom stereocenters. The van der Waals surface area contributed by atoms with Gasteiger partial charge in [0.2, 0.25) is 0 Å². The van der Waals surface area contributed by atoms with E-state index in [0.29, 0.717) is 19.3 Å². The van der Waals surface area contributed by atoms with Gasteiger partial charge < -0.3 is 14.2 Å². The van der Waals surface area contributed by atoms with Gasteiger partial charge in [0.15, 0.2) is 6.10 Å². The van der Waals surface area contributed by atoms with Gasteiger partial charge in [-0.15, -0.1) is 0 Å². The first-order chi connectivity index (χ1) is 25.4. The zero-order valence-corrected chi connectivity index (χ0v) is 35.3. The number of ether oxygens (including phenoxy) is 3. The van der Waals surface area contributed by atoms with Crippen LogP contribution in [0.2, 0.25) is 0 Å². The lowest BCUT2D eigenvalue weighted by molar-refractivity contribution is -0.167. The molecular formula is C46H88O6. The van der Waals surface area contributed by atoms with Gasteiger partial charge in [0, 0.05) is 19.3 Å². The predicted octanol–water partition coefficient (Wildman–Crippen LogP) is 14.3. The second-order valence-corrected chi connectivity index (χ2v) is 16.2. The SMILES string of the molecule is CCCCCCCCCCCCCCCC(=O)O[C@H](COC(=O)CCCCCCCCC)COC(=O)CCCCCCCCCCCCCC(C)C. The monoisotopic (exact) mass is 737 g/mol. The first-order valence-electron chi connectivity index (χ1n) is 22.9. The van der Waals surface area contributed by atoms with E-state index in [0.717, 1.165) is 63.7 Å². The molecule has 0 aromatic rings. The highest BCUT2D eigenvalue weighted by Gasteiger charge is 2.19. The lowest BCUT2D eigenvalue weighted by Gasteiger charge is -2.18. The van der Waals surface area contributed by atoms with Crippen molar-refractivity contribution in [3.05, 3.63) is 0 Å². The van der Waals surface area contributed by atoms with E-state index in [1.807, 2.05) is 0 Å². The maximum Gasteiger partial charge on any atom is 0.306 e. The highest BCUT2D eigenvalue weighted by atomic mass is 16.6. The molecule has 0 aromatic carbocycles. The number of hydrogen-bond donors (Lipinski definition) is 0. The van der Waals surface area contributed by atoms with Gasteiger partial charge in [-0.25, -0.2) is 0 Å². The second kappa shape index (κ2) is 40.6. The molecule has 0 aromatic heterocycles. The van der Waals surface area contributed by atoms with Crippen LogP contribution in [0.4, 0.5) is 0 Å². The van der Waals surface area contributed by atoms with Crippen LogP contribution in [-0.4, -0.2) is 37.2 Å². The second-order valence-electron chi connectivity index (χ2n) is 16.2. The molecular weight excluding hydrogens is 648 g/mol. The van der Waals surface area contributed by atoms with Gasteiger partial charge in [0.25, 0.3) is 0 Å². The normalized spacial score (nSPS) is 11.9. The maximum absolute atomic E-state index is 12.7. The Hall–Kier alpha value is -1.59. The van der Waals surface area contributed by atoms with Crippen LogP contribution < -0.4 is 0 Å². The Morgan fingerprint density at radius 1 is 0.365 bits per heavy atom. The van der Waals surface area contributed by atoms with Crippen LogP contribution in [0.1, 0.15) is 252 Å². The van der Waals surface area contributed by atoms with Crippen LogP contribution in [-0.2, 0) is 28.6 Å². The lowest BCUT2D eigenvalue weighted by atomic mass is 10.0. The zero-order chi connectivity index (χ0) is 38.2. The predicted molar refractivity (Wildman–Crippen MR) is 220 cm³/mol. The van der Waals surface area contributed by atoms with E-state index in [2.05, 4.69) is 27.7 Å². The van der Waals surface area contributed by atoms with E-state index >= 15 is 0 Å². The molecule has 52 heavy (non-hydrogen) atoms. The number of carbonyl (C=O) groups excluding carboxylic acids is 3.